The van der Waals surface area contributed by atoms with Crippen LogP contribution in [0.1, 0.15) is 18.1 Å². The maximum absolute atomic E-state index is 12.3. The lowest BCUT2D eigenvalue weighted by molar-refractivity contribution is -0.133. The highest BCUT2D eigenvalue weighted by Crippen LogP contribution is 2.24. The van der Waals surface area contributed by atoms with Crippen molar-refractivity contribution in [2.45, 2.75) is 31.8 Å². The van der Waals surface area contributed by atoms with Crippen molar-refractivity contribution in [3.05, 3.63) is 35.4 Å². The molecule has 1 unspecified atom stereocenters. The maximum atomic E-state index is 12.3. The second-order valence-electron chi connectivity index (χ2n) is 5.14. The molecule has 0 heterocycles. The lowest BCUT2D eigenvalue weighted by atomic mass is 10.1. The number of carbonyl (C=O) groups excluding carboxylic acids is 2. The number of hydrogen-bond acceptors (Lipinski definition) is 3. The molecule has 1 atom stereocenters. The van der Waals surface area contributed by atoms with Gasteiger partial charge in [0.25, 0.3) is 0 Å². The van der Waals surface area contributed by atoms with E-state index >= 15 is 0 Å². The molecule has 2 amide bonds. The van der Waals surface area contributed by atoms with Crippen molar-refractivity contribution in [1.29, 1.82) is 0 Å². The Balaban J connectivity index is 1.97. The average molecular weight is 276 g/mol. The smallest absolute Gasteiger partial charge is 0.407 e. The van der Waals surface area contributed by atoms with Crippen molar-refractivity contribution >= 4 is 12.0 Å². The molecule has 0 saturated carbocycles. The molecule has 0 fully saturated rings. The molecule has 5 nitrogen and oxygen atoms in total. The number of carbonyl (C=O) groups is 2. The Labute approximate surface area is 118 Å². The SMILES string of the molecule is COC(=O)NC(C)C(=O)N(C)C1Cc2ccccc2C1. The Kier molecular flexibility index (Phi) is 4.27. The standard InChI is InChI=1S/C15H20N2O3/c1-10(16-15(19)20-3)14(18)17(2)13-8-11-6-4-5-7-12(11)9-13/h4-7,10,13H,8-9H2,1-3H3,(H,16,19). The molecule has 2 rings (SSSR count). The Morgan fingerprint density at radius 1 is 1.30 bits per heavy atom. The van der Waals surface area contributed by atoms with Gasteiger partial charge in [-0.2, -0.15) is 0 Å². The van der Waals surface area contributed by atoms with Gasteiger partial charge in [-0.3, -0.25) is 4.79 Å². The number of nitrogens with zero attached hydrogens (tertiary/aromatic N) is 1. The quantitative estimate of drug-likeness (QED) is 0.906. The number of amides is 2. The molecule has 1 aromatic carbocycles. The highest BCUT2D eigenvalue weighted by Gasteiger charge is 2.29. The molecule has 0 bridgehead atoms. The van der Waals surface area contributed by atoms with Crippen molar-refractivity contribution in [3.63, 3.8) is 0 Å². The van der Waals surface area contributed by atoms with Crippen LogP contribution in [-0.2, 0) is 22.4 Å². The number of nitrogens with one attached hydrogen (secondary N) is 1. The molecule has 20 heavy (non-hydrogen) atoms. The summed E-state index contributed by atoms with van der Waals surface area (Å²) in [5.74, 6) is -0.104. The van der Waals surface area contributed by atoms with E-state index in [2.05, 4.69) is 22.2 Å². The van der Waals surface area contributed by atoms with E-state index in [9.17, 15) is 9.59 Å². The maximum Gasteiger partial charge on any atom is 0.407 e. The topological polar surface area (TPSA) is 58.6 Å². The molecule has 1 N–H and O–H groups in total. The van der Waals surface area contributed by atoms with Gasteiger partial charge in [0, 0.05) is 13.1 Å². The summed E-state index contributed by atoms with van der Waals surface area (Å²) >= 11 is 0. The number of fused-ring (bicyclic) bond motifs is 1. The highest BCUT2D eigenvalue weighted by molar-refractivity contribution is 5.85. The number of benzene rings is 1. The van der Waals surface area contributed by atoms with E-state index in [4.69, 9.17) is 0 Å². The fourth-order valence-corrected chi connectivity index (χ4v) is 2.59. The Hall–Kier alpha value is -2.04. The van der Waals surface area contributed by atoms with Crippen LogP contribution in [0.5, 0.6) is 0 Å². The molecule has 1 aromatic rings. The van der Waals surface area contributed by atoms with Gasteiger partial charge in [0.15, 0.2) is 0 Å². The number of methoxy groups -OCH3 is 1. The van der Waals surface area contributed by atoms with E-state index in [0.29, 0.717) is 0 Å². The van der Waals surface area contributed by atoms with Crippen LogP contribution in [0.2, 0.25) is 0 Å². The molecule has 1 aliphatic carbocycles. The lowest BCUT2D eigenvalue weighted by Gasteiger charge is -2.27. The zero-order valence-electron chi connectivity index (χ0n) is 12.1. The van der Waals surface area contributed by atoms with E-state index in [0.717, 1.165) is 12.8 Å². The van der Waals surface area contributed by atoms with Gasteiger partial charge in [-0.25, -0.2) is 4.79 Å². The van der Waals surface area contributed by atoms with Gasteiger partial charge in [-0.15, -0.1) is 0 Å². The molecule has 108 valence electrons. The predicted molar refractivity (Wildman–Crippen MR) is 75.4 cm³/mol. The predicted octanol–water partition coefficient (Wildman–Crippen LogP) is 1.36. The summed E-state index contributed by atoms with van der Waals surface area (Å²) in [7, 11) is 3.07. The van der Waals surface area contributed by atoms with Crippen molar-refractivity contribution in [2.24, 2.45) is 0 Å². The van der Waals surface area contributed by atoms with Gasteiger partial charge in [0.05, 0.1) is 7.11 Å². The molecule has 0 spiro atoms. The molecule has 0 saturated heterocycles. The molecule has 1 aliphatic rings. The van der Waals surface area contributed by atoms with Crippen LogP contribution in [0.3, 0.4) is 0 Å². The summed E-state index contributed by atoms with van der Waals surface area (Å²) in [6.07, 6.45) is 1.14. The van der Waals surface area contributed by atoms with Crippen LogP contribution in [0, 0.1) is 0 Å². The van der Waals surface area contributed by atoms with Crippen molar-refractivity contribution < 1.29 is 14.3 Å². The molecule has 5 heteroatoms. The Bertz CT molecular complexity index is 491. The average Bonchev–Trinajstić information content (AvgIpc) is 2.89. The number of ether oxygens (including phenoxy) is 1. The van der Waals surface area contributed by atoms with Gasteiger partial charge in [0.2, 0.25) is 5.91 Å². The summed E-state index contributed by atoms with van der Waals surface area (Å²) in [4.78, 5) is 25.2. The molecule has 0 aromatic heterocycles. The summed E-state index contributed by atoms with van der Waals surface area (Å²) in [5, 5.41) is 2.50. The van der Waals surface area contributed by atoms with Crippen LogP contribution in [0.25, 0.3) is 0 Å². The number of rotatable bonds is 3. The first kappa shape index (κ1) is 14.4. The minimum atomic E-state index is -0.589. The Morgan fingerprint density at radius 3 is 2.35 bits per heavy atom. The van der Waals surface area contributed by atoms with Crippen LogP contribution < -0.4 is 5.32 Å². The van der Waals surface area contributed by atoms with Crippen molar-refractivity contribution in [2.75, 3.05) is 14.2 Å². The van der Waals surface area contributed by atoms with Gasteiger partial charge in [-0.1, -0.05) is 24.3 Å². The fraction of sp³-hybridized carbons (Fsp3) is 0.467. The second-order valence-corrected chi connectivity index (χ2v) is 5.14. The third kappa shape index (κ3) is 2.92. The summed E-state index contributed by atoms with van der Waals surface area (Å²) in [6.45, 7) is 1.66. The number of likely N-dealkylation sites (N-methyl/N-ethyl adjacent to an activating group) is 1. The van der Waals surface area contributed by atoms with Gasteiger partial charge in [-0.05, 0) is 30.9 Å². The number of hydrogen-bond donors (Lipinski definition) is 1. The van der Waals surface area contributed by atoms with E-state index in [-0.39, 0.29) is 11.9 Å². The first-order chi connectivity index (χ1) is 9.52. The van der Waals surface area contributed by atoms with E-state index < -0.39 is 12.1 Å². The summed E-state index contributed by atoms with van der Waals surface area (Å²) in [5.41, 5.74) is 2.59. The molecular weight excluding hydrogens is 256 g/mol. The van der Waals surface area contributed by atoms with Gasteiger partial charge in [0.1, 0.15) is 6.04 Å². The summed E-state index contributed by atoms with van der Waals surface area (Å²) in [6, 6.07) is 7.81. The zero-order valence-corrected chi connectivity index (χ0v) is 12.1. The van der Waals surface area contributed by atoms with E-state index in [1.165, 1.54) is 18.2 Å². The fourth-order valence-electron chi connectivity index (χ4n) is 2.59. The largest absolute Gasteiger partial charge is 0.453 e. The van der Waals surface area contributed by atoms with Gasteiger partial charge < -0.3 is 15.0 Å². The third-order valence-corrected chi connectivity index (χ3v) is 3.81. The zero-order chi connectivity index (χ0) is 14.7. The highest BCUT2D eigenvalue weighted by atomic mass is 16.5. The summed E-state index contributed by atoms with van der Waals surface area (Å²) < 4.78 is 4.51. The van der Waals surface area contributed by atoms with Gasteiger partial charge >= 0.3 is 6.09 Å². The van der Waals surface area contributed by atoms with Crippen LogP contribution >= 0.6 is 0 Å². The van der Waals surface area contributed by atoms with Crippen LogP contribution in [0.15, 0.2) is 24.3 Å². The van der Waals surface area contributed by atoms with E-state index in [1.807, 2.05) is 12.1 Å². The van der Waals surface area contributed by atoms with Crippen LogP contribution in [0.4, 0.5) is 4.79 Å². The lowest BCUT2D eigenvalue weighted by Crippen LogP contribution is -2.49. The molecule has 0 aliphatic heterocycles. The minimum absolute atomic E-state index is 0.104. The monoisotopic (exact) mass is 276 g/mol. The Morgan fingerprint density at radius 2 is 1.85 bits per heavy atom. The first-order valence-corrected chi connectivity index (χ1v) is 6.71. The number of alkyl carbamates (subject to hydrolysis) is 1. The van der Waals surface area contributed by atoms with Crippen molar-refractivity contribution in [1.82, 2.24) is 10.2 Å². The third-order valence-electron chi connectivity index (χ3n) is 3.81. The second kappa shape index (κ2) is 5.94. The van der Waals surface area contributed by atoms with E-state index in [1.54, 1.807) is 18.9 Å². The molecule has 0 radical (unpaired) electrons. The van der Waals surface area contributed by atoms with Crippen LogP contribution in [-0.4, -0.2) is 43.1 Å². The molecular formula is C15H20N2O3. The first-order valence-electron chi connectivity index (χ1n) is 6.71. The van der Waals surface area contributed by atoms with Crippen molar-refractivity contribution in [3.8, 4) is 0 Å². The normalized spacial score (nSPS) is 15.3. The minimum Gasteiger partial charge on any atom is -0.453 e.